The van der Waals surface area contributed by atoms with Gasteiger partial charge in [-0.15, -0.1) is 11.3 Å². The zero-order valence-electron chi connectivity index (χ0n) is 16.8. The van der Waals surface area contributed by atoms with Crippen LogP contribution >= 0.6 is 11.3 Å². The van der Waals surface area contributed by atoms with Crippen molar-refractivity contribution < 1.29 is 9.53 Å². The number of carbonyl (C=O) groups excluding carboxylic acids is 1. The number of thiophene rings is 1. The largest absolute Gasteiger partial charge is 0.497 e. The smallest absolute Gasteiger partial charge is 0.261 e. The number of hydrogen-bond acceptors (Lipinski definition) is 4. The number of nitrogens with zero attached hydrogens (tertiary/aromatic N) is 1. The standard InChI is InChI=1S/C21H30N4O2S/c1-16(17-7-9-18(27-3)10-8-17)11-14-25-21(22-2)24-13-5-12-23-20(26)19-6-4-15-28-19/h4,6-10,15-16H,5,11-14H2,1-3H3,(H,23,26)(H2,22,24,25). The van der Waals surface area contributed by atoms with Crippen LogP contribution in [0.4, 0.5) is 0 Å². The van der Waals surface area contributed by atoms with Crippen LogP contribution in [0.15, 0.2) is 46.8 Å². The molecule has 0 saturated heterocycles. The van der Waals surface area contributed by atoms with E-state index in [1.807, 2.05) is 29.6 Å². The lowest BCUT2D eigenvalue weighted by molar-refractivity contribution is 0.0957. The Morgan fingerprint density at radius 1 is 1.11 bits per heavy atom. The highest BCUT2D eigenvalue weighted by atomic mass is 32.1. The molecule has 0 saturated carbocycles. The molecule has 2 aromatic rings. The molecule has 7 heteroatoms. The van der Waals surface area contributed by atoms with E-state index in [9.17, 15) is 4.79 Å². The summed E-state index contributed by atoms with van der Waals surface area (Å²) in [5, 5.41) is 11.5. The molecular weight excluding hydrogens is 372 g/mol. The first-order valence-electron chi connectivity index (χ1n) is 9.54. The second kappa shape index (κ2) is 12.0. The van der Waals surface area contributed by atoms with Crippen LogP contribution < -0.4 is 20.7 Å². The monoisotopic (exact) mass is 402 g/mol. The maximum atomic E-state index is 11.9. The fourth-order valence-corrected chi connectivity index (χ4v) is 3.36. The summed E-state index contributed by atoms with van der Waals surface area (Å²) in [6.07, 6.45) is 1.84. The molecule has 0 spiro atoms. The van der Waals surface area contributed by atoms with Gasteiger partial charge in [0.1, 0.15) is 5.75 Å². The number of ether oxygens (including phenoxy) is 1. The third-order valence-electron chi connectivity index (χ3n) is 4.45. The van der Waals surface area contributed by atoms with Gasteiger partial charge in [0.2, 0.25) is 0 Å². The van der Waals surface area contributed by atoms with E-state index in [2.05, 4.69) is 40.0 Å². The lowest BCUT2D eigenvalue weighted by Gasteiger charge is -2.15. The van der Waals surface area contributed by atoms with E-state index in [1.54, 1.807) is 14.2 Å². The van der Waals surface area contributed by atoms with Gasteiger partial charge in [0.15, 0.2) is 5.96 Å². The third kappa shape index (κ3) is 7.23. The first kappa shape index (κ1) is 21.8. The Bertz CT molecular complexity index is 729. The van der Waals surface area contributed by atoms with Crippen molar-refractivity contribution in [3.05, 3.63) is 52.2 Å². The number of rotatable bonds is 10. The Balaban J connectivity index is 1.59. The second-order valence-electron chi connectivity index (χ2n) is 6.48. The molecule has 28 heavy (non-hydrogen) atoms. The van der Waals surface area contributed by atoms with Crippen molar-refractivity contribution in [3.8, 4) is 5.75 Å². The lowest BCUT2D eigenvalue weighted by Crippen LogP contribution is -2.39. The zero-order valence-corrected chi connectivity index (χ0v) is 17.6. The Hall–Kier alpha value is -2.54. The molecular formula is C21H30N4O2S. The fourth-order valence-electron chi connectivity index (χ4n) is 2.72. The molecule has 2 rings (SSSR count). The van der Waals surface area contributed by atoms with E-state index in [-0.39, 0.29) is 5.91 Å². The minimum atomic E-state index is -0.00923. The molecule has 1 atom stereocenters. The van der Waals surface area contributed by atoms with Gasteiger partial charge < -0.3 is 20.7 Å². The van der Waals surface area contributed by atoms with Crippen molar-refractivity contribution in [2.45, 2.75) is 25.7 Å². The van der Waals surface area contributed by atoms with E-state index in [4.69, 9.17) is 4.74 Å². The minimum absolute atomic E-state index is 0.00923. The Kier molecular flexibility index (Phi) is 9.34. The number of hydrogen-bond donors (Lipinski definition) is 3. The van der Waals surface area contributed by atoms with Crippen LogP contribution in [0.2, 0.25) is 0 Å². The third-order valence-corrected chi connectivity index (χ3v) is 5.32. The minimum Gasteiger partial charge on any atom is -0.497 e. The molecule has 0 fully saturated rings. The molecule has 1 amide bonds. The maximum Gasteiger partial charge on any atom is 0.261 e. The van der Waals surface area contributed by atoms with Crippen LogP contribution in [0.5, 0.6) is 5.75 Å². The molecule has 3 N–H and O–H groups in total. The van der Waals surface area contributed by atoms with Crippen LogP contribution in [0, 0.1) is 0 Å². The average Bonchev–Trinajstić information content (AvgIpc) is 3.27. The molecule has 0 aliphatic rings. The Morgan fingerprint density at radius 3 is 2.46 bits per heavy atom. The van der Waals surface area contributed by atoms with E-state index in [0.29, 0.717) is 12.5 Å². The predicted octanol–water partition coefficient (Wildman–Crippen LogP) is 3.24. The van der Waals surface area contributed by atoms with Gasteiger partial charge in [0, 0.05) is 26.7 Å². The summed E-state index contributed by atoms with van der Waals surface area (Å²) >= 11 is 1.45. The summed E-state index contributed by atoms with van der Waals surface area (Å²) in [6.45, 7) is 4.44. The fraction of sp³-hybridized carbons (Fsp3) is 0.429. The molecule has 1 heterocycles. The zero-order chi connectivity index (χ0) is 20.2. The van der Waals surface area contributed by atoms with E-state index < -0.39 is 0 Å². The van der Waals surface area contributed by atoms with Gasteiger partial charge >= 0.3 is 0 Å². The van der Waals surface area contributed by atoms with Crippen LogP contribution in [-0.2, 0) is 0 Å². The lowest BCUT2D eigenvalue weighted by atomic mass is 9.98. The number of aliphatic imine (C=N–C) groups is 1. The predicted molar refractivity (Wildman–Crippen MR) is 117 cm³/mol. The summed E-state index contributed by atoms with van der Waals surface area (Å²) < 4.78 is 5.20. The summed E-state index contributed by atoms with van der Waals surface area (Å²) in [5.41, 5.74) is 1.30. The Morgan fingerprint density at radius 2 is 1.82 bits per heavy atom. The van der Waals surface area contributed by atoms with Gasteiger partial charge in [0.05, 0.1) is 12.0 Å². The first-order chi connectivity index (χ1) is 13.6. The van der Waals surface area contributed by atoms with Crippen molar-refractivity contribution in [2.24, 2.45) is 4.99 Å². The number of carbonyl (C=O) groups is 1. The number of nitrogens with one attached hydrogen (secondary N) is 3. The molecule has 0 aliphatic carbocycles. The molecule has 1 unspecified atom stereocenters. The molecule has 0 radical (unpaired) electrons. The van der Waals surface area contributed by atoms with Crippen molar-refractivity contribution >= 4 is 23.2 Å². The highest BCUT2D eigenvalue weighted by Crippen LogP contribution is 2.21. The van der Waals surface area contributed by atoms with Gasteiger partial charge in [-0.25, -0.2) is 0 Å². The van der Waals surface area contributed by atoms with E-state index in [0.717, 1.165) is 42.5 Å². The number of guanidine groups is 1. The number of benzene rings is 1. The molecule has 6 nitrogen and oxygen atoms in total. The molecule has 1 aromatic carbocycles. The quantitative estimate of drug-likeness (QED) is 0.324. The topological polar surface area (TPSA) is 74.8 Å². The van der Waals surface area contributed by atoms with Crippen molar-refractivity contribution in [3.63, 3.8) is 0 Å². The Labute approximate surface area is 171 Å². The molecule has 0 aliphatic heterocycles. The summed E-state index contributed by atoms with van der Waals surface area (Å²) in [4.78, 5) is 16.8. The van der Waals surface area contributed by atoms with Crippen LogP contribution in [0.25, 0.3) is 0 Å². The van der Waals surface area contributed by atoms with Crippen LogP contribution in [-0.4, -0.2) is 45.7 Å². The highest BCUT2D eigenvalue weighted by molar-refractivity contribution is 7.12. The second-order valence-corrected chi connectivity index (χ2v) is 7.42. The maximum absolute atomic E-state index is 11.9. The van der Waals surface area contributed by atoms with Crippen molar-refractivity contribution in [1.29, 1.82) is 0 Å². The molecule has 152 valence electrons. The van der Waals surface area contributed by atoms with Gasteiger partial charge in [-0.3, -0.25) is 9.79 Å². The van der Waals surface area contributed by atoms with Gasteiger partial charge in [-0.2, -0.15) is 0 Å². The van der Waals surface area contributed by atoms with Gasteiger partial charge in [-0.05, 0) is 47.9 Å². The van der Waals surface area contributed by atoms with Crippen molar-refractivity contribution in [2.75, 3.05) is 33.8 Å². The summed E-state index contributed by atoms with van der Waals surface area (Å²) in [6, 6.07) is 11.9. The van der Waals surface area contributed by atoms with Gasteiger partial charge in [-0.1, -0.05) is 25.1 Å². The summed E-state index contributed by atoms with van der Waals surface area (Å²) in [7, 11) is 3.44. The van der Waals surface area contributed by atoms with E-state index >= 15 is 0 Å². The SMILES string of the molecule is CN=C(NCCCNC(=O)c1cccs1)NCCC(C)c1ccc(OC)cc1. The first-order valence-corrected chi connectivity index (χ1v) is 10.4. The van der Waals surface area contributed by atoms with Crippen LogP contribution in [0.1, 0.15) is 40.9 Å². The summed E-state index contributed by atoms with van der Waals surface area (Å²) in [5.74, 6) is 2.10. The average molecular weight is 403 g/mol. The normalized spacial score (nSPS) is 12.3. The van der Waals surface area contributed by atoms with E-state index in [1.165, 1.54) is 16.9 Å². The highest BCUT2D eigenvalue weighted by Gasteiger charge is 2.07. The molecule has 1 aromatic heterocycles. The van der Waals surface area contributed by atoms with Gasteiger partial charge in [0.25, 0.3) is 5.91 Å². The number of methoxy groups -OCH3 is 1. The molecule has 0 bridgehead atoms. The van der Waals surface area contributed by atoms with Crippen molar-refractivity contribution in [1.82, 2.24) is 16.0 Å². The van der Waals surface area contributed by atoms with Crippen LogP contribution in [0.3, 0.4) is 0 Å². The number of amides is 1.